The number of benzene rings is 1. The number of rotatable bonds is 5. The molecule has 8 nitrogen and oxygen atoms in total. The van der Waals surface area contributed by atoms with Crippen LogP contribution in [0.1, 0.15) is 11.1 Å². The first-order valence-electron chi connectivity index (χ1n) is 5.43. The molecule has 0 spiro atoms. The number of alkyl halides is 1. The summed E-state index contributed by atoms with van der Waals surface area (Å²) in [7, 11) is 0. The SMILES string of the molecule is N=C(F)ON=C(N)c1ccc(C(N)=NOC(=N)CF)cc1. The average molecular weight is 298 g/mol. The van der Waals surface area contributed by atoms with Gasteiger partial charge in [-0.15, -0.1) is 4.39 Å². The van der Waals surface area contributed by atoms with Crippen molar-refractivity contribution >= 4 is 23.7 Å². The van der Waals surface area contributed by atoms with Crippen LogP contribution in [0.25, 0.3) is 0 Å². The van der Waals surface area contributed by atoms with Gasteiger partial charge in [-0.1, -0.05) is 34.6 Å². The van der Waals surface area contributed by atoms with Gasteiger partial charge in [0.05, 0.1) is 0 Å². The summed E-state index contributed by atoms with van der Waals surface area (Å²) in [5.41, 5.74) is 11.9. The Morgan fingerprint density at radius 3 is 1.81 bits per heavy atom. The summed E-state index contributed by atoms with van der Waals surface area (Å²) < 4.78 is 24.0. The van der Waals surface area contributed by atoms with Crippen molar-refractivity contribution in [3.63, 3.8) is 0 Å². The van der Waals surface area contributed by atoms with E-state index in [2.05, 4.69) is 20.0 Å². The van der Waals surface area contributed by atoms with Crippen LogP contribution in [0, 0.1) is 10.8 Å². The second kappa shape index (κ2) is 7.53. The second-order valence-corrected chi connectivity index (χ2v) is 3.54. The monoisotopic (exact) mass is 298 g/mol. The molecule has 0 amide bonds. The minimum atomic E-state index is -1.58. The van der Waals surface area contributed by atoms with E-state index in [1.54, 1.807) is 0 Å². The Morgan fingerprint density at radius 2 is 1.43 bits per heavy atom. The molecule has 0 fully saturated rings. The molecule has 0 aliphatic rings. The van der Waals surface area contributed by atoms with Crippen molar-refractivity contribution in [1.82, 2.24) is 0 Å². The number of oxime groups is 2. The van der Waals surface area contributed by atoms with E-state index in [9.17, 15) is 8.78 Å². The molecule has 112 valence electrons. The van der Waals surface area contributed by atoms with Gasteiger partial charge in [-0.05, 0) is 0 Å². The van der Waals surface area contributed by atoms with Crippen LogP contribution in [0.4, 0.5) is 8.78 Å². The van der Waals surface area contributed by atoms with Crippen LogP contribution in [-0.2, 0) is 9.68 Å². The van der Waals surface area contributed by atoms with Crippen molar-refractivity contribution in [3.05, 3.63) is 35.4 Å². The Morgan fingerprint density at radius 1 is 1.00 bits per heavy atom. The predicted octanol–water partition coefficient (Wildman–Crippen LogP) is 0.811. The first kappa shape index (κ1) is 16.0. The molecule has 0 aliphatic heterocycles. The van der Waals surface area contributed by atoms with Gasteiger partial charge in [0, 0.05) is 11.1 Å². The van der Waals surface area contributed by atoms with Crippen molar-refractivity contribution in [1.29, 1.82) is 10.8 Å². The van der Waals surface area contributed by atoms with E-state index in [0.29, 0.717) is 11.1 Å². The van der Waals surface area contributed by atoms with Crippen molar-refractivity contribution in [2.24, 2.45) is 21.8 Å². The van der Waals surface area contributed by atoms with Crippen molar-refractivity contribution in [3.8, 4) is 0 Å². The molecule has 21 heavy (non-hydrogen) atoms. The lowest BCUT2D eigenvalue weighted by molar-refractivity contribution is 0.278. The Balaban J connectivity index is 2.80. The number of nitrogens with zero attached hydrogens (tertiary/aromatic N) is 2. The highest BCUT2D eigenvalue weighted by molar-refractivity contribution is 6.00. The Labute approximate surface area is 118 Å². The van der Waals surface area contributed by atoms with Gasteiger partial charge < -0.3 is 21.1 Å². The van der Waals surface area contributed by atoms with E-state index in [-0.39, 0.29) is 11.7 Å². The molecule has 0 saturated heterocycles. The number of hydrogen-bond acceptors (Lipinski definition) is 6. The second-order valence-electron chi connectivity index (χ2n) is 3.54. The number of nitrogens with two attached hydrogens (primary N) is 2. The van der Waals surface area contributed by atoms with E-state index in [0.717, 1.165) is 0 Å². The topological polar surface area (TPSA) is 143 Å². The van der Waals surface area contributed by atoms with Crippen LogP contribution < -0.4 is 11.5 Å². The highest BCUT2D eigenvalue weighted by atomic mass is 19.1. The molecule has 0 aromatic heterocycles. The summed E-state index contributed by atoms with van der Waals surface area (Å²) >= 11 is 0. The molecule has 1 aromatic carbocycles. The Hall–Kier alpha value is -3.04. The highest BCUT2D eigenvalue weighted by Gasteiger charge is 2.04. The summed E-state index contributed by atoms with van der Waals surface area (Å²) in [4.78, 5) is 8.35. The molecule has 1 aromatic rings. The van der Waals surface area contributed by atoms with Gasteiger partial charge in [-0.2, -0.15) is 0 Å². The average Bonchev–Trinajstić information content (AvgIpc) is 2.49. The fourth-order valence-corrected chi connectivity index (χ4v) is 1.14. The van der Waals surface area contributed by atoms with Gasteiger partial charge in [0.1, 0.15) is 0 Å². The number of amidine groups is 2. The number of hydrogen-bond donors (Lipinski definition) is 4. The molecular weight excluding hydrogens is 286 g/mol. The van der Waals surface area contributed by atoms with Crippen molar-refractivity contribution < 1.29 is 18.5 Å². The minimum Gasteiger partial charge on any atom is -0.380 e. The number of halogens is 2. The zero-order valence-corrected chi connectivity index (χ0v) is 10.6. The van der Waals surface area contributed by atoms with Gasteiger partial charge in [-0.3, -0.25) is 5.41 Å². The molecule has 0 heterocycles. The third kappa shape index (κ3) is 5.22. The molecule has 1 rings (SSSR count). The smallest absolute Gasteiger partial charge is 0.380 e. The Bertz CT molecular complexity index is 585. The fourth-order valence-electron chi connectivity index (χ4n) is 1.14. The molecule has 0 radical (unpaired) electrons. The third-order valence-corrected chi connectivity index (χ3v) is 2.08. The molecule has 0 unspecified atom stereocenters. The van der Waals surface area contributed by atoms with Crippen LogP contribution in [0.3, 0.4) is 0 Å². The molecule has 0 atom stereocenters. The zero-order chi connectivity index (χ0) is 15.8. The first-order valence-corrected chi connectivity index (χ1v) is 5.43. The summed E-state index contributed by atoms with van der Waals surface area (Å²) in [5.74, 6) is -0.885. The molecule has 6 N–H and O–H groups in total. The lowest BCUT2D eigenvalue weighted by atomic mass is 10.1. The maximum absolute atomic E-state index is 12.0. The summed E-state index contributed by atoms with van der Waals surface area (Å²) in [6, 6.07) is 5.98. The van der Waals surface area contributed by atoms with Crippen molar-refractivity contribution in [2.45, 2.75) is 0 Å². The van der Waals surface area contributed by atoms with E-state index in [1.165, 1.54) is 24.3 Å². The standard InChI is InChI=1S/C11H12F2N6O2/c12-5-8(14)20-18-9(15)6-1-3-7(4-2-6)10(16)19-21-11(13)17/h1-4,14,17H,5H2,(H2,15,18)(H2,16,19). The van der Waals surface area contributed by atoms with Crippen LogP contribution in [0.15, 0.2) is 34.6 Å². The maximum Gasteiger partial charge on any atom is 0.395 e. The molecular formula is C11H12F2N6O2. The normalized spacial score (nSPS) is 11.9. The van der Waals surface area contributed by atoms with E-state index in [4.69, 9.17) is 22.3 Å². The van der Waals surface area contributed by atoms with Crippen LogP contribution >= 0.6 is 0 Å². The van der Waals surface area contributed by atoms with Gasteiger partial charge >= 0.3 is 6.15 Å². The first-order chi connectivity index (χ1) is 9.93. The highest BCUT2D eigenvalue weighted by Crippen LogP contribution is 2.05. The molecule has 0 saturated carbocycles. The van der Waals surface area contributed by atoms with Gasteiger partial charge in [0.2, 0.25) is 5.90 Å². The van der Waals surface area contributed by atoms with E-state index in [1.807, 2.05) is 0 Å². The number of nitrogens with one attached hydrogen (secondary N) is 2. The summed E-state index contributed by atoms with van der Waals surface area (Å²) in [6.45, 7) is -1.09. The quantitative estimate of drug-likeness (QED) is 0.362. The van der Waals surface area contributed by atoms with Crippen LogP contribution in [0.2, 0.25) is 0 Å². The fraction of sp³-hybridized carbons (Fsp3) is 0.0909. The third-order valence-electron chi connectivity index (χ3n) is 2.08. The van der Waals surface area contributed by atoms with E-state index < -0.39 is 18.7 Å². The molecule has 10 heteroatoms. The van der Waals surface area contributed by atoms with Gasteiger partial charge in [0.25, 0.3) is 0 Å². The summed E-state index contributed by atoms with van der Waals surface area (Å²) in [5, 5.41) is 19.8. The minimum absolute atomic E-state index is 0.0722. The van der Waals surface area contributed by atoms with Gasteiger partial charge in [-0.25, -0.2) is 9.80 Å². The van der Waals surface area contributed by atoms with E-state index >= 15 is 0 Å². The lowest BCUT2D eigenvalue weighted by Gasteiger charge is -2.03. The van der Waals surface area contributed by atoms with Crippen LogP contribution in [-0.4, -0.2) is 30.4 Å². The molecule has 0 bridgehead atoms. The zero-order valence-electron chi connectivity index (χ0n) is 10.6. The van der Waals surface area contributed by atoms with Gasteiger partial charge in [0.15, 0.2) is 18.3 Å². The predicted molar refractivity (Wildman–Crippen MR) is 72.6 cm³/mol. The van der Waals surface area contributed by atoms with Crippen LogP contribution in [0.5, 0.6) is 0 Å². The Kier molecular flexibility index (Phi) is 5.74. The maximum atomic E-state index is 12.0. The molecule has 0 aliphatic carbocycles. The van der Waals surface area contributed by atoms with Crippen molar-refractivity contribution in [2.75, 3.05) is 6.67 Å². The lowest BCUT2D eigenvalue weighted by Crippen LogP contribution is -2.17. The largest absolute Gasteiger partial charge is 0.395 e. The summed E-state index contributed by atoms with van der Waals surface area (Å²) in [6.07, 6.45) is -1.58.